The largest absolute Gasteiger partial charge is 0.492 e. The molecule has 0 radical (unpaired) electrons. The predicted molar refractivity (Wildman–Crippen MR) is 114 cm³/mol. The smallest absolute Gasteiger partial charge is 0.260 e. The van der Waals surface area contributed by atoms with E-state index in [1.165, 1.54) is 11.3 Å². The average Bonchev–Trinajstić information content (AvgIpc) is 3.24. The van der Waals surface area contributed by atoms with Gasteiger partial charge in [-0.1, -0.05) is 18.5 Å². The first kappa shape index (κ1) is 20.1. The van der Waals surface area contributed by atoms with Crippen LogP contribution in [0.15, 0.2) is 54.3 Å². The minimum Gasteiger partial charge on any atom is -0.492 e. The maximum atomic E-state index is 13.0. The summed E-state index contributed by atoms with van der Waals surface area (Å²) in [5, 5.41) is 6.23. The number of hydrogen-bond donors (Lipinski definition) is 1. The second-order valence-electron chi connectivity index (χ2n) is 5.96. The van der Waals surface area contributed by atoms with Crippen molar-refractivity contribution in [1.29, 1.82) is 0 Å². The van der Waals surface area contributed by atoms with Crippen molar-refractivity contribution in [3.8, 4) is 5.75 Å². The van der Waals surface area contributed by atoms with E-state index in [0.717, 1.165) is 12.1 Å². The topological polar surface area (TPSA) is 67.3 Å². The second-order valence-corrected chi connectivity index (χ2v) is 7.27. The molecule has 8 heteroatoms. The van der Waals surface area contributed by atoms with Crippen LogP contribution in [-0.2, 0) is 0 Å². The normalized spacial score (nSPS) is 10.5. The number of amides is 1. The first-order chi connectivity index (χ1) is 13.7. The molecule has 3 rings (SSSR count). The van der Waals surface area contributed by atoms with E-state index in [2.05, 4.69) is 15.3 Å². The molecule has 3 aromatic rings. The minimum absolute atomic E-state index is 0.140. The monoisotopic (exact) mass is 416 g/mol. The van der Waals surface area contributed by atoms with Crippen LogP contribution in [0.25, 0.3) is 0 Å². The van der Waals surface area contributed by atoms with Gasteiger partial charge in [-0.2, -0.15) is 0 Å². The van der Waals surface area contributed by atoms with Gasteiger partial charge in [0.25, 0.3) is 5.91 Å². The maximum absolute atomic E-state index is 13.0. The van der Waals surface area contributed by atoms with Crippen LogP contribution in [-0.4, -0.2) is 35.6 Å². The molecular formula is C20H21ClN4O2S. The van der Waals surface area contributed by atoms with Crippen LogP contribution in [0.4, 0.5) is 10.8 Å². The Bertz CT molecular complexity index is 890. The maximum Gasteiger partial charge on any atom is 0.260 e. The third-order valence-electron chi connectivity index (χ3n) is 3.84. The van der Waals surface area contributed by atoms with E-state index in [1.54, 1.807) is 41.7 Å². The molecule has 0 aliphatic rings. The summed E-state index contributed by atoms with van der Waals surface area (Å²) < 4.78 is 5.78. The first-order valence-corrected chi connectivity index (χ1v) is 10.2. The Balaban J connectivity index is 1.65. The fraction of sp³-hybridized carbons (Fsp3) is 0.250. The molecule has 0 aliphatic carbocycles. The van der Waals surface area contributed by atoms with Crippen LogP contribution in [0.3, 0.4) is 0 Å². The van der Waals surface area contributed by atoms with Gasteiger partial charge >= 0.3 is 0 Å². The summed E-state index contributed by atoms with van der Waals surface area (Å²) in [6.07, 6.45) is 5.97. The number of rotatable bonds is 9. The molecule has 0 spiro atoms. The van der Waals surface area contributed by atoms with Gasteiger partial charge in [0.15, 0.2) is 5.13 Å². The highest BCUT2D eigenvalue weighted by Crippen LogP contribution is 2.25. The standard InChI is InChI=1S/C20H21ClN4O2S/c1-2-9-25(20-24-8-11-28-20)19(26)15-12-16(21)14-18(13-15)27-10-7-23-17-3-5-22-6-4-17/h3-6,8,11-14H,2,7,9-10H2,1H3,(H,22,23). The Hall–Kier alpha value is -2.64. The molecule has 1 N–H and O–H groups in total. The van der Waals surface area contributed by atoms with Gasteiger partial charge in [0.05, 0.1) is 0 Å². The number of ether oxygens (including phenoxy) is 1. The SMILES string of the molecule is CCCN(C(=O)c1cc(Cl)cc(OCCNc2ccncc2)c1)c1nccs1. The fourth-order valence-corrected chi connectivity index (χ4v) is 3.51. The Morgan fingerprint density at radius 3 is 2.79 bits per heavy atom. The summed E-state index contributed by atoms with van der Waals surface area (Å²) in [7, 11) is 0. The summed E-state index contributed by atoms with van der Waals surface area (Å²) in [6.45, 7) is 3.66. The molecule has 2 aromatic heterocycles. The molecule has 0 bridgehead atoms. The average molecular weight is 417 g/mol. The highest BCUT2D eigenvalue weighted by atomic mass is 35.5. The second kappa shape index (κ2) is 10.1. The predicted octanol–water partition coefficient (Wildman–Crippen LogP) is 4.74. The number of carbonyl (C=O) groups excluding carboxylic acids is 1. The van der Waals surface area contributed by atoms with E-state index >= 15 is 0 Å². The highest BCUT2D eigenvalue weighted by molar-refractivity contribution is 7.13. The molecule has 146 valence electrons. The third kappa shape index (κ3) is 5.43. The van der Waals surface area contributed by atoms with Gasteiger partial charge < -0.3 is 10.1 Å². The van der Waals surface area contributed by atoms with E-state index < -0.39 is 0 Å². The minimum atomic E-state index is -0.140. The molecule has 0 fully saturated rings. The van der Waals surface area contributed by atoms with Crippen molar-refractivity contribution in [3.63, 3.8) is 0 Å². The van der Waals surface area contributed by atoms with E-state index in [1.807, 2.05) is 24.4 Å². The molecule has 2 heterocycles. The van der Waals surface area contributed by atoms with Gasteiger partial charge in [-0.3, -0.25) is 14.7 Å². The number of nitrogens with one attached hydrogen (secondary N) is 1. The van der Waals surface area contributed by atoms with Gasteiger partial charge in [0.1, 0.15) is 12.4 Å². The van der Waals surface area contributed by atoms with Gasteiger partial charge in [0, 0.05) is 53.3 Å². The molecule has 1 amide bonds. The number of halogens is 1. The van der Waals surface area contributed by atoms with Crippen LogP contribution >= 0.6 is 22.9 Å². The molecule has 0 aliphatic heterocycles. The van der Waals surface area contributed by atoms with Crippen LogP contribution in [0.1, 0.15) is 23.7 Å². The Labute approximate surface area is 173 Å². The zero-order chi connectivity index (χ0) is 19.8. The van der Waals surface area contributed by atoms with Crippen LogP contribution < -0.4 is 15.0 Å². The van der Waals surface area contributed by atoms with E-state index in [9.17, 15) is 4.79 Å². The van der Waals surface area contributed by atoms with Crippen molar-refractivity contribution in [3.05, 3.63) is 64.9 Å². The molecule has 28 heavy (non-hydrogen) atoms. The van der Waals surface area contributed by atoms with Gasteiger partial charge in [-0.05, 0) is 36.8 Å². The van der Waals surface area contributed by atoms with Gasteiger partial charge in [0.2, 0.25) is 0 Å². The third-order valence-corrected chi connectivity index (χ3v) is 4.85. The molecule has 6 nitrogen and oxygen atoms in total. The van der Waals surface area contributed by atoms with Crippen molar-refractivity contribution >= 4 is 39.7 Å². The molecule has 0 unspecified atom stereocenters. The summed E-state index contributed by atoms with van der Waals surface area (Å²) in [6, 6.07) is 8.85. The lowest BCUT2D eigenvalue weighted by atomic mass is 10.2. The summed E-state index contributed by atoms with van der Waals surface area (Å²) in [5.74, 6) is 0.419. The Kier molecular flexibility index (Phi) is 7.22. The number of nitrogens with zero attached hydrogens (tertiary/aromatic N) is 3. The summed E-state index contributed by atoms with van der Waals surface area (Å²) in [4.78, 5) is 22.9. The first-order valence-electron chi connectivity index (χ1n) is 8.96. The quantitative estimate of drug-likeness (QED) is 0.510. The highest BCUT2D eigenvalue weighted by Gasteiger charge is 2.20. The van der Waals surface area contributed by atoms with Gasteiger partial charge in [-0.15, -0.1) is 11.3 Å². The number of pyridine rings is 1. The lowest BCUT2D eigenvalue weighted by molar-refractivity contribution is 0.0986. The van der Waals surface area contributed by atoms with Crippen molar-refractivity contribution in [2.75, 3.05) is 29.9 Å². The summed E-state index contributed by atoms with van der Waals surface area (Å²) >= 11 is 7.66. The zero-order valence-electron chi connectivity index (χ0n) is 15.5. The van der Waals surface area contributed by atoms with Crippen LogP contribution in [0.2, 0.25) is 5.02 Å². The lowest BCUT2D eigenvalue weighted by Crippen LogP contribution is -2.31. The number of carbonyl (C=O) groups is 1. The molecule has 1 aromatic carbocycles. The summed E-state index contributed by atoms with van der Waals surface area (Å²) in [5.41, 5.74) is 1.45. The van der Waals surface area contributed by atoms with Crippen molar-refractivity contribution in [1.82, 2.24) is 9.97 Å². The zero-order valence-corrected chi connectivity index (χ0v) is 17.0. The van der Waals surface area contributed by atoms with Gasteiger partial charge in [-0.25, -0.2) is 4.98 Å². The fourth-order valence-electron chi connectivity index (χ4n) is 2.62. The number of hydrogen-bond acceptors (Lipinski definition) is 6. The molecule has 0 atom stereocenters. The molecular weight excluding hydrogens is 396 g/mol. The molecule has 0 saturated carbocycles. The van der Waals surface area contributed by atoms with Crippen molar-refractivity contribution < 1.29 is 9.53 Å². The Morgan fingerprint density at radius 1 is 1.25 bits per heavy atom. The number of benzene rings is 1. The Morgan fingerprint density at radius 2 is 2.07 bits per heavy atom. The lowest BCUT2D eigenvalue weighted by Gasteiger charge is -2.19. The number of thiazole rings is 1. The molecule has 0 saturated heterocycles. The van der Waals surface area contributed by atoms with E-state index in [0.29, 0.717) is 41.2 Å². The number of aromatic nitrogens is 2. The number of anilines is 2. The van der Waals surface area contributed by atoms with E-state index in [-0.39, 0.29) is 5.91 Å². The van der Waals surface area contributed by atoms with Crippen LogP contribution in [0.5, 0.6) is 5.75 Å². The van der Waals surface area contributed by atoms with E-state index in [4.69, 9.17) is 16.3 Å². The van der Waals surface area contributed by atoms with Crippen molar-refractivity contribution in [2.24, 2.45) is 0 Å². The van der Waals surface area contributed by atoms with Crippen molar-refractivity contribution in [2.45, 2.75) is 13.3 Å². The van der Waals surface area contributed by atoms with Crippen LogP contribution in [0, 0.1) is 0 Å².